The number of para-hydroxylation sites is 1. The predicted octanol–water partition coefficient (Wildman–Crippen LogP) is 3.98. The number of aromatic nitrogens is 2. The van der Waals surface area contributed by atoms with E-state index in [0.29, 0.717) is 29.3 Å². The molecule has 0 N–H and O–H groups in total. The van der Waals surface area contributed by atoms with Crippen LogP contribution in [0.1, 0.15) is 37.6 Å². The Labute approximate surface area is 188 Å². The molecule has 6 heteroatoms. The van der Waals surface area contributed by atoms with Crippen LogP contribution < -0.4 is 10.3 Å². The van der Waals surface area contributed by atoms with Crippen molar-refractivity contribution in [1.82, 2.24) is 14.5 Å². The molecular formula is C26H31N3O3. The monoisotopic (exact) mass is 433 g/mol. The van der Waals surface area contributed by atoms with Gasteiger partial charge in [-0.3, -0.25) is 14.2 Å². The van der Waals surface area contributed by atoms with E-state index < -0.39 is 0 Å². The van der Waals surface area contributed by atoms with Gasteiger partial charge in [-0.2, -0.15) is 0 Å². The Morgan fingerprint density at radius 3 is 2.53 bits per heavy atom. The molecule has 32 heavy (non-hydrogen) atoms. The summed E-state index contributed by atoms with van der Waals surface area (Å²) in [6.07, 6.45) is 4.19. The van der Waals surface area contributed by atoms with E-state index >= 15 is 0 Å². The number of amides is 1. The summed E-state index contributed by atoms with van der Waals surface area (Å²) in [5.41, 5.74) is 1.85. The van der Waals surface area contributed by atoms with Gasteiger partial charge in [-0.1, -0.05) is 24.3 Å². The number of benzene rings is 2. The highest BCUT2D eigenvalue weighted by molar-refractivity contribution is 5.79. The van der Waals surface area contributed by atoms with E-state index in [9.17, 15) is 9.59 Å². The van der Waals surface area contributed by atoms with Crippen LogP contribution in [0, 0.1) is 12.8 Å². The molecule has 0 aliphatic carbocycles. The lowest BCUT2D eigenvalue weighted by molar-refractivity contribution is -0.133. The van der Waals surface area contributed by atoms with Gasteiger partial charge in [0.05, 0.1) is 17.5 Å². The van der Waals surface area contributed by atoms with E-state index in [-0.39, 0.29) is 18.0 Å². The average molecular weight is 434 g/mol. The first-order valence-corrected chi connectivity index (χ1v) is 11.5. The second-order valence-corrected chi connectivity index (χ2v) is 8.51. The Balaban J connectivity index is 1.30. The van der Waals surface area contributed by atoms with Gasteiger partial charge in [-0.25, -0.2) is 4.98 Å². The molecule has 3 aromatic rings. The summed E-state index contributed by atoms with van der Waals surface area (Å²) >= 11 is 0. The summed E-state index contributed by atoms with van der Waals surface area (Å²) in [6, 6.07) is 15.6. The van der Waals surface area contributed by atoms with Gasteiger partial charge in [-0.15, -0.1) is 0 Å². The molecule has 1 aromatic heterocycles. The summed E-state index contributed by atoms with van der Waals surface area (Å²) in [5.74, 6) is 2.11. The zero-order valence-electron chi connectivity index (χ0n) is 18.9. The third-order valence-corrected chi connectivity index (χ3v) is 6.39. The summed E-state index contributed by atoms with van der Waals surface area (Å²) in [7, 11) is 0. The number of aryl methyl sites for hydroxylation is 2. The molecule has 0 saturated carbocycles. The van der Waals surface area contributed by atoms with E-state index in [1.807, 2.05) is 42.2 Å². The Bertz CT molecular complexity index is 1130. The van der Waals surface area contributed by atoms with Crippen LogP contribution in [0.15, 0.2) is 53.3 Å². The number of rotatable bonds is 7. The SMILES string of the molecule is CCOc1ccc(CCC2CCN(C(=O)Cn3c(C)nc4ccccc4c3=O)CC2)cc1. The number of nitrogens with zero attached hydrogens (tertiary/aromatic N) is 3. The molecule has 2 aromatic carbocycles. The molecule has 1 aliphatic heterocycles. The first kappa shape index (κ1) is 22.1. The molecule has 1 saturated heterocycles. The van der Waals surface area contributed by atoms with E-state index in [0.717, 1.165) is 44.5 Å². The minimum atomic E-state index is -0.147. The average Bonchev–Trinajstić information content (AvgIpc) is 2.82. The molecule has 2 heterocycles. The number of carbonyl (C=O) groups is 1. The number of piperidine rings is 1. The molecule has 4 rings (SSSR count). The van der Waals surface area contributed by atoms with Crippen LogP contribution in [0.25, 0.3) is 10.9 Å². The van der Waals surface area contributed by atoms with E-state index in [1.54, 1.807) is 13.0 Å². The summed E-state index contributed by atoms with van der Waals surface area (Å²) in [5, 5.41) is 0.555. The van der Waals surface area contributed by atoms with Crippen molar-refractivity contribution in [2.75, 3.05) is 19.7 Å². The number of hydrogen-bond acceptors (Lipinski definition) is 4. The normalized spacial score (nSPS) is 14.6. The molecule has 0 atom stereocenters. The van der Waals surface area contributed by atoms with Crippen molar-refractivity contribution in [1.29, 1.82) is 0 Å². The number of hydrogen-bond donors (Lipinski definition) is 0. The lowest BCUT2D eigenvalue weighted by atomic mass is 9.90. The summed E-state index contributed by atoms with van der Waals surface area (Å²) < 4.78 is 7.01. The summed E-state index contributed by atoms with van der Waals surface area (Å²) in [6.45, 7) is 6.02. The smallest absolute Gasteiger partial charge is 0.261 e. The first-order chi connectivity index (χ1) is 15.5. The van der Waals surface area contributed by atoms with Crippen LogP contribution in [0.5, 0.6) is 5.75 Å². The van der Waals surface area contributed by atoms with Crippen molar-refractivity contribution < 1.29 is 9.53 Å². The summed E-state index contributed by atoms with van der Waals surface area (Å²) in [4.78, 5) is 32.1. The maximum absolute atomic E-state index is 12.9. The largest absolute Gasteiger partial charge is 0.494 e. The highest BCUT2D eigenvalue weighted by Gasteiger charge is 2.23. The number of likely N-dealkylation sites (tertiary alicyclic amines) is 1. The van der Waals surface area contributed by atoms with Crippen molar-refractivity contribution in [3.05, 3.63) is 70.3 Å². The first-order valence-electron chi connectivity index (χ1n) is 11.5. The van der Waals surface area contributed by atoms with Gasteiger partial charge in [0.2, 0.25) is 5.91 Å². The fourth-order valence-corrected chi connectivity index (χ4v) is 4.46. The van der Waals surface area contributed by atoms with Crippen molar-refractivity contribution in [3.8, 4) is 5.75 Å². The maximum Gasteiger partial charge on any atom is 0.261 e. The lowest BCUT2D eigenvalue weighted by Crippen LogP contribution is -2.42. The lowest BCUT2D eigenvalue weighted by Gasteiger charge is -2.32. The van der Waals surface area contributed by atoms with Crippen molar-refractivity contribution >= 4 is 16.8 Å². The molecule has 1 fully saturated rings. The van der Waals surface area contributed by atoms with Gasteiger partial charge >= 0.3 is 0 Å². The molecule has 0 radical (unpaired) electrons. The molecule has 6 nitrogen and oxygen atoms in total. The zero-order chi connectivity index (χ0) is 22.5. The second-order valence-electron chi connectivity index (χ2n) is 8.51. The van der Waals surface area contributed by atoms with Gasteiger partial charge in [0, 0.05) is 13.1 Å². The minimum Gasteiger partial charge on any atom is -0.494 e. The third kappa shape index (κ3) is 5.01. The molecule has 0 unspecified atom stereocenters. The van der Waals surface area contributed by atoms with Crippen LogP contribution in [0.2, 0.25) is 0 Å². The topological polar surface area (TPSA) is 64.4 Å². The van der Waals surface area contributed by atoms with Gasteiger partial charge < -0.3 is 9.64 Å². The van der Waals surface area contributed by atoms with Gasteiger partial charge in [0.1, 0.15) is 18.1 Å². The van der Waals surface area contributed by atoms with Gasteiger partial charge in [0.25, 0.3) is 5.56 Å². The minimum absolute atomic E-state index is 0.00255. The molecule has 0 spiro atoms. The maximum atomic E-state index is 12.9. The Morgan fingerprint density at radius 1 is 1.09 bits per heavy atom. The second kappa shape index (κ2) is 9.98. The van der Waals surface area contributed by atoms with Gasteiger partial charge in [-0.05, 0) is 75.3 Å². The fourth-order valence-electron chi connectivity index (χ4n) is 4.46. The third-order valence-electron chi connectivity index (χ3n) is 6.39. The molecule has 168 valence electrons. The quantitative estimate of drug-likeness (QED) is 0.565. The number of ether oxygens (including phenoxy) is 1. The van der Waals surface area contributed by atoms with E-state index in [2.05, 4.69) is 17.1 Å². The zero-order valence-corrected chi connectivity index (χ0v) is 18.9. The van der Waals surface area contributed by atoms with Crippen LogP contribution in [0.3, 0.4) is 0 Å². The number of carbonyl (C=O) groups excluding carboxylic acids is 1. The van der Waals surface area contributed by atoms with Crippen LogP contribution in [0.4, 0.5) is 0 Å². The highest BCUT2D eigenvalue weighted by Crippen LogP contribution is 2.23. The van der Waals surface area contributed by atoms with Crippen molar-refractivity contribution in [3.63, 3.8) is 0 Å². The predicted molar refractivity (Wildman–Crippen MR) is 126 cm³/mol. The molecular weight excluding hydrogens is 402 g/mol. The van der Waals surface area contributed by atoms with E-state index in [1.165, 1.54) is 10.1 Å². The highest BCUT2D eigenvalue weighted by atomic mass is 16.5. The Kier molecular flexibility index (Phi) is 6.88. The van der Waals surface area contributed by atoms with Crippen LogP contribution in [-0.4, -0.2) is 40.1 Å². The Morgan fingerprint density at radius 2 is 1.81 bits per heavy atom. The van der Waals surface area contributed by atoms with Gasteiger partial charge in [0.15, 0.2) is 0 Å². The number of fused-ring (bicyclic) bond motifs is 1. The van der Waals surface area contributed by atoms with Crippen LogP contribution >= 0.6 is 0 Å². The van der Waals surface area contributed by atoms with Crippen molar-refractivity contribution in [2.24, 2.45) is 5.92 Å². The molecule has 0 bridgehead atoms. The van der Waals surface area contributed by atoms with E-state index in [4.69, 9.17) is 4.74 Å². The van der Waals surface area contributed by atoms with Crippen LogP contribution in [-0.2, 0) is 17.8 Å². The molecule has 1 amide bonds. The Hall–Kier alpha value is -3.15. The molecule has 1 aliphatic rings. The van der Waals surface area contributed by atoms with Crippen molar-refractivity contribution in [2.45, 2.75) is 46.1 Å². The fraction of sp³-hybridized carbons (Fsp3) is 0.423. The standard InChI is InChI=1S/C26H31N3O3/c1-3-32-22-12-10-20(11-13-22)8-9-21-14-16-28(17-15-21)25(30)18-29-19(2)27-24-7-5-4-6-23(24)26(29)31/h4-7,10-13,21H,3,8-9,14-18H2,1-2H3.